The molecule has 0 radical (unpaired) electrons. The number of hydrogen-bond donors (Lipinski definition) is 1. The van der Waals surface area contributed by atoms with Gasteiger partial charge < -0.3 is 9.72 Å². The molecule has 0 fully saturated rings. The van der Waals surface area contributed by atoms with Gasteiger partial charge in [0.15, 0.2) is 0 Å². The first-order valence-corrected chi connectivity index (χ1v) is 4.05. The van der Waals surface area contributed by atoms with Gasteiger partial charge in [-0.2, -0.15) is 5.26 Å². The van der Waals surface area contributed by atoms with Gasteiger partial charge in [-0.05, 0) is 0 Å². The fourth-order valence-corrected chi connectivity index (χ4v) is 1.21. The molecular formula is C9H8F2N2O2. The molecule has 6 heteroatoms. The number of pyridine rings is 1. The number of rotatable bonds is 3. The van der Waals surface area contributed by atoms with E-state index in [9.17, 15) is 13.6 Å². The van der Waals surface area contributed by atoms with E-state index in [1.165, 1.54) is 7.11 Å². The van der Waals surface area contributed by atoms with Crippen LogP contribution in [0.1, 0.15) is 17.7 Å². The molecule has 80 valence electrons. The fourth-order valence-electron chi connectivity index (χ4n) is 1.21. The summed E-state index contributed by atoms with van der Waals surface area (Å²) in [6, 6.07) is 2.78. The molecule has 0 spiro atoms. The van der Waals surface area contributed by atoms with Gasteiger partial charge in [0.05, 0.1) is 25.3 Å². The van der Waals surface area contributed by atoms with E-state index in [2.05, 4.69) is 0 Å². The van der Waals surface area contributed by atoms with Crippen molar-refractivity contribution in [3.8, 4) is 11.8 Å². The van der Waals surface area contributed by atoms with Gasteiger partial charge in [-0.3, -0.25) is 4.79 Å². The van der Waals surface area contributed by atoms with Gasteiger partial charge in [0, 0.05) is 11.6 Å². The molecule has 1 aromatic rings. The third-order valence-electron chi connectivity index (χ3n) is 1.84. The van der Waals surface area contributed by atoms with Crippen molar-refractivity contribution in [3.63, 3.8) is 0 Å². The number of H-pyrrole nitrogens is 1. The second kappa shape index (κ2) is 4.55. The Morgan fingerprint density at radius 1 is 1.67 bits per heavy atom. The number of halogens is 2. The monoisotopic (exact) mass is 214 g/mol. The first-order chi connectivity index (χ1) is 7.10. The number of hydrogen-bond acceptors (Lipinski definition) is 3. The molecule has 1 aromatic heterocycles. The van der Waals surface area contributed by atoms with Gasteiger partial charge in [-0.1, -0.05) is 0 Å². The Morgan fingerprint density at radius 2 is 2.33 bits per heavy atom. The number of alkyl halides is 2. The second-order valence-corrected chi connectivity index (χ2v) is 2.73. The number of nitrogens with zero attached hydrogens (tertiary/aromatic N) is 1. The highest BCUT2D eigenvalue weighted by Crippen LogP contribution is 2.26. The average Bonchev–Trinajstić information content (AvgIpc) is 2.19. The van der Waals surface area contributed by atoms with Crippen molar-refractivity contribution in [2.45, 2.75) is 12.8 Å². The van der Waals surface area contributed by atoms with E-state index in [-0.39, 0.29) is 17.7 Å². The minimum Gasteiger partial charge on any atom is -0.496 e. The molecule has 0 aromatic carbocycles. The summed E-state index contributed by atoms with van der Waals surface area (Å²) < 4.78 is 29.8. The van der Waals surface area contributed by atoms with E-state index in [1.807, 2.05) is 4.98 Å². The van der Waals surface area contributed by atoms with Crippen LogP contribution in [0.25, 0.3) is 0 Å². The first kappa shape index (κ1) is 11.2. The number of nitrogens with one attached hydrogen (secondary N) is 1. The standard InChI is InChI=1S/C9H8F2N2O2/c1-15-6-4-7(14)13-8(9(10)11)5(6)2-3-12/h4,9H,2H2,1H3,(H,13,14). The largest absolute Gasteiger partial charge is 0.496 e. The number of methoxy groups -OCH3 is 1. The van der Waals surface area contributed by atoms with Gasteiger partial charge in [0.25, 0.3) is 12.0 Å². The van der Waals surface area contributed by atoms with Crippen molar-refractivity contribution in [2.24, 2.45) is 0 Å². The maximum atomic E-state index is 12.5. The molecule has 1 heterocycles. The summed E-state index contributed by atoms with van der Waals surface area (Å²) in [7, 11) is 1.25. The van der Waals surface area contributed by atoms with E-state index in [4.69, 9.17) is 10.00 Å². The van der Waals surface area contributed by atoms with Crippen LogP contribution in [-0.2, 0) is 6.42 Å². The third-order valence-corrected chi connectivity index (χ3v) is 1.84. The zero-order valence-electron chi connectivity index (χ0n) is 7.88. The van der Waals surface area contributed by atoms with Crippen LogP contribution in [0.15, 0.2) is 10.9 Å². The zero-order valence-corrected chi connectivity index (χ0v) is 7.88. The first-order valence-electron chi connectivity index (χ1n) is 4.05. The molecule has 0 bridgehead atoms. The molecule has 0 amide bonds. The van der Waals surface area contributed by atoms with Crippen LogP contribution >= 0.6 is 0 Å². The molecule has 0 unspecified atom stereocenters. The lowest BCUT2D eigenvalue weighted by Crippen LogP contribution is -2.12. The highest BCUT2D eigenvalue weighted by molar-refractivity contribution is 5.38. The van der Waals surface area contributed by atoms with E-state index in [1.54, 1.807) is 6.07 Å². The minimum absolute atomic E-state index is 0.00981. The van der Waals surface area contributed by atoms with Crippen LogP contribution in [0.5, 0.6) is 5.75 Å². The number of aromatic amines is 1. The molecular weight excluding hydrogens is 206 g/mol. The molecule has 1 rings (SSSR count). The number of nitriles is 1. The van der Waals surface area contributed by atoms with Gasteiger partial charge in [0.2, 0.25) is 0 Å². The highest BCUT2D eigenvalue weighted by atomic mass is 19.3. The summed E-state index contributed by atoms with van der Waals surface area (Å²) >= 11 is 0. The normalized spacial score (nSPS) is 10.1. The third kappa shape index (κ3) is 2.31. The Hall–Kier alpha value is -1.90. The van der Waals surface area contributed by atoms with Gasteiger partial charge in [0.1, 0.15) is 5.75 Å². The number of ether oxygens (including phenoxy) is 1. The van der Waals surface area contributed by atoms with E-state index in [0.717, 1.165) is 6.07 Å². The smallest absolute Gasteiger partial charge is 0.278 e. The van der Waals surface area contributed by atoms with Crippen LogP contribution in [-0.4, -0.2) is 12.1 Å². The Morgan fingerprint density at radius 3 is 2.80 bits per heavy atom. The molecule has 0 atom stereocenters. The molecule has 0 saturated carbocycles. The summed E-state index contributed by atoms with van der Waals surface area (Å²) in [5.74, 6) is 0.00981. The summed E-state index contributed by atoms with van der Waals surface area (Å²) in [6.45, 7) is 0. The van der Waals surface area contributed by atoms with Crippen molar-refractivity contribution in [2.75, 3.05) is 7.11 Å². The highest BCUT2D eigenvalue weighted by Gasteiger charge is 2.18. The van der Waals surface area contributed by atoms with Crippen LogP contribution in [0.3, 0.4) is 0 Å². The fraction of sp³-hybridized carbons (Fsp3) is 0.333. The molecule has 15 heavy (non-hydrogen) atoms. The van der Waals surface area contributed by atoms with Gasteiger partial charge in [-0.25, -0.2) is 8.78 Å². The second-order valence-electron chi connectivity index (χ2n) is 2.73. The van der Waals surface area contributed by atoms with Crippen LogP contribution in [0.4, 0.5) is 8.78 Å². The van der Waals surface area contributed by atoms with Crippen molar-refractivity contribution < 1.29 is 13.5 Å². The van der Waals surface area contributed by atoms with Gasteiger partial charge in [-0.15, -0.1) is 0 Å². The summed E-state index contributed by atoms with van der Waals surface area (Å²) in [4.78, 5) is 13.0. The van der Waals surface area contributed by atoms with E-state index < -0.39 is 17.7 Å². The van der Waals surface area contributed by atoms with E-state index >= 15 is 0 Å². The summed E-state index contributed by atoms with van der Waals surface area (Å²) in [5.41, 5.74) is -1.21. The molecule has 4 nitrogen and oxygen atoms in total. The van der Waals surface area contributed by atoms with E-state index in [0.29, 0.717) is 0 Å². The molecule has 0 aliphatic carbocycles. The Bertz CT molecular complexity index is 448. The van der Waals surface area contributed by atoms with Crippen LogP contribution < -0.4 is 10.3 Å². The maximum absolute atomic E-state index is 12.5. The zero-order chi connectivity index (χ0) is 11.4. The van der Waals surface area contributed by atoms with Gasteiger partial charge >= 0.3 is 0 Å². The SMILES string of the molecule is COc1cc(=O)[nH]c(C(F)F)c1CC#N. The molecule has 0 aliphatic rings. The molecule has 1 N–H and O–H groups in total. The lowest BCUT2D eigenvalue weighted by atomic mass is 10.1. The van der Waals surface area contributed by atoms with Crippen molar-refractivity contribution in [1.82, 2.24) is 4.98 Å². The van der Waals surface area contributed by atoms with Crippen molar-refractivity contribution in [3.05, 3.63) is 27.7 Å². The number of aromatic nitrogens is 1. The van der Waals surface area contributed by atoms with Crippen LogP contribution in [0.2, 0.25) is 0 Å². The predicted octanol–water partition coefficient (Wildman–Crippen LogP) is 1.39. The Kier molecular flexibility index (Phi) is 3.39. The van der Waals surface area contributed by atoms with Crippen molar-refractivity contribution in [1.29, 1.82) is 5.26 Å². The lowest BCUT2D eigenvalue weighted by molar-refractivity contribution is 0.144. The lowest BCUT2D eigenvalue weighted by Gasteiger charge is -2.09. The molecule has 0 saturated heterocycles. The van der Waals surface area contributed by atoms with Crippen LogP contribution in [0, 0.1) is 11.3 Å². The Labute approximate surface area is 84.1 Å². The topological polar surface area (TPSA) is 65.9 Å². The molecule has 0 aliphatic heterocycles. The Balaban J connectivity index is 3.41. The van der Waals surface area contributed by atoms with Crippen molar-refractivity contribution >= 4 is 0 Å². The average molecular weight is 214 g/mol. The maximum Gasteiger partial charge on any atom is 0.278 e. The predicted molar refractivity (Wildman–Crippen MR) is 47.9 cm³/mol. The quantitative estimate of drug-likeness (QED) is 0.826. The summed E-state index contributed by atoms with van der Waals surface area (Å²) in [5, 5.41) is 8.47. The minimum atomic E-state index is -2.84. The summed E-state index contributed by atoms with van der Waals surface area (Å²) in [6.07, 6.45) is -3.07.